The molecule has 16 heavy (non-hydrogen) atoms. The van der Waals surface area contributed by atoms with Gasteiger partial charge in [-0.05, 0) is 18.9 Å². The van der Waals surface area contributed by atoms with Gasteiger partial charge in [0.15, 0.2) is 0 Å². The van der Waals surface area contributed by atoms with Gasteiger partial charge in [0.05, 0.1) is 17.6 Å². The Morgan fingerprint density at radius 2 is 2.31 bits per heavy atom. The fourth-order valence-electron chi connectivity index (χ4n) is 2.62. The Balaban J connectivity index is 2.03. The molecule has 0 aromatic carbocycles. The van der Waals surface area contributed by atoms with E-state index in [1.807, 2.05) is 6.07 Å². The lowest BCUT2D eigenvalue weighted by Crippen LogP contribution is -2.47. The Morgan fingerprint density at radius 3 is 3.25 bits per heavy atom. The molecular weight excluding hydrogens is 202 g/mol. The zero-order valence-corrected chi connectivity index (χ0v) is 9.15. The van der Waals surface area contributed by atoms with Crippen molar-refractivity contribution in [1.82, 2.24) is 4.98 Å². The summed E-state index contributed by atoms with van der Waals surface area (Å²) in [7, 11) is 0. The van der Waals surface area contributed by atoms with Gasteiger partial charge in [0.25, 0.3) is 0 Å². The molecule has 0 bridgehead atoms. The summed E-state index contributed by atoms with van der Waals surface area (Å²) in [6, 6.07) is 2.02. The second kappa shape index (κ2) is 3.77. The van der Waals surface area contributed by atoms with E-state index in [9.17, 15) is 4.79 Å². The van der Waals surface area contributed by atoms with E-state index in [-0.39, 0.29) is 11.9 Å². The Morgan fingerprint density at radius 1 is 1.38 bits per heavy atom. The van der Waals surface area contributed by atoms with Gasteiger partial charge in [-0.2, -0.15) is 0 Å². The number of amides is 1. The minimum atomic E-state index is 0.0254. The van der Waals surface area contributed by atoms with Gasteiger partial charge in [-0.1, -0.05) is 12.8 Å². The third-order valence-electron chi connectivity index (χ3n) is 3.42. The predicted octanol–water partition coefficient (Wildman–Crippen LogP) is 1.78. The Hall–Kier alpha value is -1.58. The van der Waals surface area contributed by atoms with Crippen LogP contribution < -0.4 is 10.2 Å². The van der Waals surface area contributed by atoms with Crippen LogP contribution in [0.5, 0.6) is 0 Å². The number of anilines is 2. The highest BCUT2D eigenvalue weighted by Crippen LogP contribution is 2.34. The Labute approximate surface area is 94.7 Å². The number of carbonyl (C=O) groups is 1. The van der Waals surface area contributed by atoms with Crippen LogP contribution in [0.4, 0.5) is 11.4 Å². The van der Waals surface area contributed by atoms with E-state index in [1.165, 1.54) is 12.8 Å². The van der Waals surface area contributed by atoms with Gasteiger partial charge in [0.1, 0.15) is 6.04 Å². The van der Waals surface area contributed by atoms with E-state index < -0.39 is 0 Å². The number of carbonyl (C=O) groups excluding carboxylic acids is 1. The summed E-state index contributed by atoms with van der Waals surface area (Å²) in [6.07, 6.45) is 8.03. The average Bonchev–Trinajstić information content (AvgIpc) is 2.55. The summed E-state index contributed by atoms with van der Waals surface area (Å²) >= 11 is 0. The lowest BCUT2D eigenvalue weighted by Gasteiger charge is -2.36. The smallest absolute Gasteiger partial charge is 0.247 e. The molecule has 2 aliphatic rings. The number of nitrogens with zero attached hydrogens (tertiary/aromatic N) is 2. The maximum atomic E-state index is 12.0. The maximum absolute atomic E-state index is 12.0. The molecule has 1 aromatic heterocycles. The molecule has 4 heteroatoms. The minimum Gasteiger partial charge on any atom is -0.358 e. The van der Waals surface area contributed by atoms with Crippen molar-refractivity contribution in [2.75, 3.05) is 16.8 Å². The summed E-state index contributed by atoms with van der Waals surface area (Å²) in [5.41, 5.74) is 1.98. The van der Waals surface area contributed by atoms with E-state index in [1.54, 1.807) is 12.4 Å². The number of hydrogen-bond acceptors (Lipinski definition) is 3. The SMILES string of the molecule is O=C1Nc2cnccc2N2CCCCCC12. The van der Waals surface area contributed by atoms with Crippen molar-refractivity contribution in [2.24, 2.45) is 0 Å². The highest BCUT2D eigenvalue weighted by Gasteiger charge is 2.33. The van der Waals surface area contributed by atoms with Gasteiger partial charge < -0.3 is 10.2 Å². The molecule has 1 aromatic rings. The van der Waals surface area contributed by atoms with Crippen LogP contribution in [0.1, 0.15) is 25.7 Å². The van der Waals surface area contributed by atoms with E-state index in [4.69, 9.17) is 0 Å². The molecule has 1 N–H and O–H groups in total. The van der Waals surface area contributed by atoms with E-state index in [2.05, 4.69) is 15.2 Å². The topological polar surface area (TPSA) is 45.2 Å². The third kappa shape index (κ3) is 1.45. The molecular formula is C12H15N3O. The number of pyridine rings is 1. The van der Waals surface area contributed by atoms with Crippen molar-refractivity contribution in [3.63, 3.8) is 0 Å². The molecule has 3 heterocycles. The van der Waals surface area contributed by atoms with Crippen LogP contribution in [-0.2, 0) is 4.79 Å². The van der Waals surface area contributed by atoms with Crippen LogP contribution in [0, 0.1) is 0 Å². The molecule has 1 saturated heterocycles. The second-order valence-corrected chi connectivity index (χ2v) is 4.44. The quantitative estimate of drug-likeness (QED) is 0.720. The summed E-state index contributed by atoms with van der Waals surface area (Å²) in [4.78, 5) is 18.3. The van der Waals surface area contributed by atoms with Gasteiger partial charge in [-0.25, -0.2) is 0 Å². The standard InChI is InChI=1S/C12H15N3O/c16-12-11-4-2-1-3-7-15(11)10-5-6-13-8-9(10)14-12/h5-6,8,11H,1-4,7H2,(H,14,16). The third-order valence-corrected chi connectivity index (χ3v) is 3.42. The van der Waals surface area contributed by atoms with Crippen molar-refractivity contribution in [1.29, 1.82) is 0 Å². The van der Waals surface area contributed by atoms with Crippen LogP contribution in [-0.4, -0.2) is 23.5 Å². The molecule has 2 aliphatic heterocycles. The molecule has 3 rings (SSSR count). The molecule has 0 spiro atoms. The van der Waals surface area contributed by atoms with E-state index in [0.29, 0.717) is 0 Å². The summed E-state index contributed by atoms with van der Waals surface area (Å²) < 4.78 is 0. The fourth-order valence-corrected chi connectivity index (χ4v) is 2.62. The normalized spacial score (nSPS) is 24.1. The number of hydrogen-bond donors (Lipinski definition) is 1. The van der Waals surface area contributed by atoms with Gasteiger partial charge in [-0.3, -0.25) is 9.78 Å². The molecule has 0 radical (unpaired) electrons. The molecule has 1 unspecified atom stereocenters. The van der Waals surface area contributed by atoms with Crippen LogP contribution >= 0.6 is 0 Å². The average molecular weight is 217 g/mol. The predicted molar refractivity (Wildman–Crippen MR) is 62.5 cm³/mol. The molecule has 1 fully saturated rings. The highest BCUT2D eigenvalue weighted by atomic mass is 16.2. The first-order valence-electron chi connectivity index (χ1n) is 5.88. The summed E-state index contributed by atoms with van der Waals surface area (Å²) in [6.45, 7) is 0.981. The Bertz CT molecular complexity index is 418. The highest BCUT2D eigenvalue weighted by molar-refractivity contribution is 6.03. The van der Waals surface area contributed by atoms with Crippen LogP contribution in [0.3, 0.4) is 0 Å². The van der Waals surface area contributed by atoms with Crippen LogP contribution in [0.25, 0.3) is 0 Å². The molecule has 84 valence electrons. The van der Waals surface area contributed by atoms with E-state index in [0.717, 1.165) is 30.8 Å². The van der Waals surface area contributed by atoms with Crippen molar-refractivity contribution in [3.8, 4) is 0 Å². The van der Waals surface area contributed by atoms with Crippen molar-refractivity contribution in [3.05, 3.63) is 18.5 Å². The van der Waals surface area contributed by atoms with E-state index >= 15 is 0 Å². The van der Waals surface area contributed by atoms with Gasteiger partial charge in [-0.15, -0.1) is 0 Å². The molecule has 1 atom stereocenters. The van der Waals surface area contributed by atoms with Gasteiger partial charge >= 0.3 is 0 Å². The van der Waals surface area contributed by atoms with Crippen LogP contribution in [0.15, 0.2) is 18.5 Å². The minimum absolute atomic E-state index is 0.0254. The number of nitrogens with one attached hydrogen (secondary N) is 1. The van der Waals surface area contributed by atoms with Crippen molar-refractivity contribution < 1.29 is 4.79 Å². The lowest BCUT2D eigenvalue weighted by molar-refractivity contribution is -0.117. The number of aromatic nitrogens is 1. The van der Waals surface area contributed by atoms with Crippen molar-refractivity contribution in [2.45, 2.75) is 31.7 Å². The zero-order chi connectivity index (χ0) is 11.0. The number of rotatable bonds is 0. The molecule has 1 amide bonds. The first-order valence-corrected chi connectivity index (χ1v) is 5.88. The first kappa shape index (κ1) is 9.63. The molecule has 0 saturated carbocycles. The number of fused-ring (bicyclic) bond motifs is 3. The largest absolute Gasteiger partial charge is 0.358 e. The second-order valence-electron chi connectivity index (χ2n) is 4.44. The molecule has 0 aliphatic carbocycles. The first-order chi connectivity index (χ1) is 7.86. The van der Waals surface area contributed by atoms with Gasteiger partial charge in [0.2, 0.25) is 5.91 Å². The molecule has 4 nitrogen and oxygen atoms in total. The maximum Gasteiger partial charge on any atom is 0.247 e. The summed E-state index contributed by atoms with van der Waals surface area (Å²) in [5, 5.41) is 2.94. The monoisotopic (exact) mass is 217 g/mol. The summed E-state index contributed by atoms with van der Waals surface area (Å²) in [5.74, 6) is 0.127. The van der Waals surface area contributed by atoms with Gasteiger partial charge in [0, 0.05) is 12.7 Å². The fraction of sp³-hybridized carbons (Fsp3) is 0.500. The zero-order valence-electron chi connectivity index (χ0n) is 9.15. The van der Waals surface area contributed by atoms with Crippen molar-refractivity contribution >= 4 is 17.3 Å². The lowest BCUT2D eigenvalue weighted by atomic mass is 10.1. The van der Waals surface area contributed by atoms with Crippen LogP contribution in [0.2, 0.25) is 0 Å². The Kier molecular flexibility index (Phi) is 2.27.